The van der Waals surface area contributed by atoms with Gasteiger partial charge in [0, 0.05) is 49.0 Å². The largest absolute Gasteiger partial charge is 0.453 e. The van der Waals surface area contributed by atoms with Crippen LogP contribution in [0.3, 0.4) is 0 Å². The van der Waals surface area contributed by atoms with Crippen molar-refractivity contribution in [2.75, 3.05) is 6.26 Å². The quantitative estimate of drug-likeness (QED) is 0.427. The summed E-state index contributed by atoms with van der Waals surface area (Å²) in [5, 5.41) is 0.318. The second-order valence-electron chi connectivity index (χ2n) is 7.74. The molecule has 0 spiro atoms. The fraction of sp³-hybridized carbons (Fsp3) is 0.130. The maximum Gasteiger partial charge on any atom is 0.258 e. The number of halogens is 3. The number of fused-ring (bicyclic) bond motifs is 1. The van der Waals surface area contributed by atoms with Crippen molar-refractivity contribution >= 4 is 20.6 Å². The molecular weight excluding hydrogens is 473 g/mol. The van der Waals surface area contributed by atoms with Crippen LogP contribution in [-0.2, 0) is 22.8 Å². The highest BCUT2D eigenvalue weighted by Gasteiger charge is 2.19. The smallest absolute Gasteiger partial charge is 0.258 e. The Bertz CT molecular complexity index is 1680. The molecule has 0 fully saturated rings. The molecule has 2 aromatic heterocycles. The normalized spacial score (nSPS) is 11.7. The second kappa shape index (κ2) is 8.49. The van der Waals surface area contributed by atoms with Crippen LogP contribution in [-0.4, -0.2) is 23.8 Å². The molecule has 0 saturated carbocycles. The maximum absolute atomic E-state index is 14.3. The summed E-state index contributed by atoms with van der Waals surface area (Å²) in [7, 11) is -2.20. The van der Waals surface area contributed by atoms with Crippen molar-refractivity contribution in [3.05, 3.63) is 93.0 Å². The molecule has 0 aliphatic rings. The number of ether oxygens (including phenoxy) is 1. The van der Waals surface area contributed by atoms with Gasteiger partial charge in [0.2, 0.25) is 0 Å². The Kier molecular flexibility index (Phi) is 5.82. The van der Waals surface area contributed by atoms with E-state index in [1.54, 1.807) is 0 Å². The first-order valence-corrected chi connectivity index (χ1v) is 11.8. The molecule has 2 aromatic carbocycles. The molecule has 4 aromatic rings. The molecule has 34 heavy (non-hydrogen) atoms. The van der Waals surface area contributed by atoms with Gasteiger partial charge < -0.3 is 9.30 Å². The van der Waals surface area contributed by atoms with Crippen LogP contribution in [0.15, 0.2) is 64.4 Å². The van der Waals surface area contributed by atoms with E-state index in [1.165, 1.54) is 30.1 Å². The van der Waals surface area contributed by atoms with Gasteiger partial charge in [-0.3, -0.25) is 14.2 Å². The molecule has 0 saturated heterocycles. The fourth-order valence-electron chi connectivity index (χ4n) is 3.53. The topological polar surface area (TPSA) is 87.4 Å². The Morgan fingerprint density at radius 1 is 0.853 bits per heavy atom. The Balaban J connectivity index is 2.04. The summed E-state index contributed by atoms with van der Waals surface area (Å²) in [5.41, 5.74) is -0.835. The number of hydrogen-bond donors (Lipinski definition) is 0. The third kappa shape index (κ3) is 4.60. The minimum absolute atomic E-state index is 0.0276. The molecular formula is C23H17F3N2O5S. The molecule has 7 nitrogen and oxygen atoms in total. The lowest BCUT2D eigenvalue weighted by atomic mass is 10.0. The van der Waals surface area contributed by atoms with Crippen LogP contribution in [0.4, 0.5) is 13.2 Å². The van der Waals surface area contributed by atoms with Gasteiger partial charge in [0.15, 0.2) is 21.4 Å². The molecule has 0 aliphatic carbocycles. The standard InChI is InChI=1S/C23H17F3N2O5S/c1-27-10-17(15-5-3-13(24)7-16(15)23(27)30)18-11-28(12-34(2,31)32)22(29)9-21(18)33-20-6-4-14(25)8-19(20)26/h3-11H,12H2,1-2H3. The Morgan fingerprint density at radius 2 is 1.53 bits per heavy atom. The first kappa shape index (κ1) is 23.3. The van der Waals surface area contributed by atoms with Gasteiger partial charge in [-0.05, 0) is 29.7 Å². The third-order valence-corrected chi connectivity index (χ3v) is 5.76. The summed E-state index contributed by atoms with van der Waals surface area (Å²) < 4.78 is 72.8. The van der Waals surface area contributed by atoms with Gasteiger partial charge in [-0.1, -0.05) is 6.07 Å². The number of benzene rings is 2. The average molecular weight is 490 g/mol. The van der Waals surface area contributed by atoms with Gasteiger partial charge in [0.25, 0.3) is 11.1 Å². The van der Waals surface area contributed by atoms with Crippen LogP contribution in [0.1, 0.15) is 0 Å². The van der Waals surface area contributed by atoms with E-state index < -0.39 is 44.3 Å². The first-order chi connectivity index (χ1) is 15.9. The van der Waals surface area contributed by atoms with Crippen molar-refractivity contribution < 1.29 is 26.3 Å². The van der Waals surface area contributed by atoms with Gasteiger partial charge in [-0.25, -0.2) is 21.6 Å². The zero-order valence-electron chi connectivity index (χ0n) is 17.9. The number of sulfone groups is 1. The van der Waals surface area contributed by atoms with Gasteiger partial charge in [-0.2, -0.15) is 0 Å². The molecule has 0 amide bonds. The van der Waals surface area contributed by atoms with Crippen molar-refractivity contribution in [1.29, 1.82) is 0 Å². The average Bonchev–Trinajstić information content (AvgIpc) is 2.74. The molecule has 2 heterocycles. The molecule has 11 heteroatoms. The van der Waals surface area contributed by atoms with Gasteiger partial charge >= 0.3 is 0 Å². The maximum atomic E-state index is 14.3. The number of aryl methyl sites for hydroxylation is 1. The summed E-state index contributed by atoms with van der Waals surface area (Å²) in [6, 6.07) is 7.10. The predicted molar refractivity (Wildman–Crippen MR) is 120 cm³/mol. The molecule has 0 atom stereocenters. The van der Waals surface area contributed by atoms with E-state index in [4.69, 9.17) is 4.74 Å². The molecule has 0 radical (unpaired) electrons. The molecule has 0 aliphatic heterocycles. The number of aromatic nitrogens is 2. The molecule has 4 rings (SSSR count). The van der Waals surface area contributed by atoms with E-state index in [2.05, 4.69) is 0 Å². The van der Waals surface area contributed by atoms with E-state index in [-0.39, 0.29) is 28.0 Å². The summed E-state index contributed by atoms with van der Waals surface area (Å²) >= 11 is 0. The molecule has 0 unspecified atom stereocenters. The fourth-order valence-corrected chi connectivity index (χ4v) is 4.23. The Labute approximate surface area is 191 Å². The lowest BCUT2D eigenvalue weighted by Crippen LogP contribution is -2.23. The van der Waals surface area contributed by atoms with E-state index >= 15 is 0 Å². The van der Waals surface area contributed by atoms with Crippen LogP contribution in [0.25, 0.3) is 21.9 Å². The highest BCUT2D eigenvalue weighted by atomic mass is 32.2. The summed E-state index contributed by atoms with van der Waals surface area (Å²) in [6.45, 7) is 0. The predicted octanol–water partition coefficient (Wildman–Crippen LogP) is 3.58. The van der Waals surface area contributed by atoms with Crippen molar-refractivity contribution in [1.82, 2.24) is 9.13 Å². The van der Waals surface area contributed by atoms with E-state index in [1.807, 2.05) is 0 Å². The summed E-state index contributed by atoms with van der Waals surface area (Å²) in [5.74, 6) is -3.72. The van der Waals surface area contributed by atoms with Crippen molar-refractivity contribution in [3.8, 4) is 22.6 Å². The van der Waals surface area contributed by atoms with Gasteiger partial charge in [-0.15, -0.1) is 0 Å². The van der Waals surface area contributed by atoms with Gasteiger partial charge in [0.1, 0.15) is 23.3 Å². The van der Waals surface area contributed by atoms with E-state index in [9.17, 15) is 31.2 Å². The van der Waals surface area contributed by atoms with E-state index in [0.717, 1.165) is 41.2 Å². The van der Waals surface area contributed by atoms with Gasteiger partial charge in [0.05, 0.1) is 5.39 Å². The zero-order valence-corrected chi connectivity index (χ0v) is 18.7. The SMILES string of the molecule is Cn1cc(-c2cn(CS(C)(=O)=O)c(=O)cc2Oc2ccc(F)cc2F)c2ccc(F)cc2c1=O. The van der Waals surface area contributed by atoms with Crippen molar-refractivity contribution in [2.24, 2.45) is 7.05 Å². The number of nitrogens with zero attached hydrogens (tertiary/aromatic N) is 2. The number of pyridine rings is 2. The summed E-state index contributed by atoms with van der Waals surface area (Å²) in [6.07, 6.45) is 3.55. The van der Waals surface area contributed by atoms with Crippen LogP contribution < -0.4 is 15.9 Å². The summed E-state index contributed by atoms with van der Waals surface area (Å²) in [4.78, 5) is 25.2. The second-order valence-corrected chi connectivity index (χ2v) is 9.85. The Hall–Kier alpha value is -3.86. The molecule has 176 valence electrons. The first-order valence-electron chi connectivity index (χ1n) is 9.77. The zero-order chi connectivity index (χ0) is 24.8. The van der Waals surface area contributed by atoms with Crippen LogP contribution >= 0.6 is 0 Å². The van der Waals surface area contributed by atoms with E-state index in [0.29, 0.717) is 11.5 Å². The number of rotatable bonds is 5. The molecule has 0 N–H and O–H groups in total. The number of hydrogen-bond acceptors (Lipinski definition) is 5. The van der Waals surface area contributed by atoms with Crippen molar-refractivity contribution in [3.63, 3.8) is 0 Å². The monoisotopic (exact) mass is 490 g/mol. The lowest BCUT2D eigenvalue weighted by molar-refractivity contribution is 0.437. The van der Waals surface area contributed by atoms with Crippen LogP contribution in [0, 0.1) is 17.5 Å². The minimum atomic E-state index is -3.63. The van der Waals surface area contributed by atoms with Crippen LogP contribution in [0.5, 0.6) is 11.5 Å². The van der Waals surface area contributed by atoms with Crippen LogP contribution in [0.2, 0.25) is 0 Å². The third-order valence-electron chi connectivity index (χ3n) is 5.01. The molecule has 0 bridgehead atoms. The highest BCUT2D eigenvalue weighted by molar-refractivity contribution is 7.89. The highest BCUT2D eigenvalue weighted by Crippen LogP contribution is 2.36. The minimum Gasteiger partial charge on any atom is -0.453 e. The lowest BCUT2D eigenvalue weighted by Gasteiger charge is -2.16. The van der Waals surface area contributed by atoms with Crippen molar-refractivity contribution in [2.45, 2.75) is 5.88 Å². The Morgan fingerprint density at radius 3 is 2.21 bits per heavy atom.